The molecule has 0 radical (unpaired) electrons. The fourth-order valence-electron chi connectivity index (χ4n) is 2.60. The van der Waals surface area contributed by atoms with E-state index in [1.165, 1.54) is 0 Å². The highest BCUT2D eigenvalue weighted by Gasteiger charge is 2.41. The Bertz CT molecular complexity index is 296. The summed E-state index contributed by atoms with van der Waals surface area (Å²) in [5.41, 5.74) is 0. The summed E-state index contributed by atoms with van der Waals surface area (Å²) in [5, 5.41) is 12.0. The second-order valence-electron chi connectivity index (χ2n) is 4.93. The molecule has 4 nitrogen and oxygen atoms in total. The van der Waals surface area contributed by atoms with E-state index in [1.54, 1.807) is 11.8 Å². The van der Waals surface area contributed by atoms with E-state index >= 15 is 0 Å². The molecule has 3 atom stereocenters. The molecule has 1 aliphatic carbocycles. The van der Waals surface area contributed by atoms with E-state index in [2.05, 4.69) is 12.2 Å². The Morgan fingerprint density at radius 2 is 2.00 bits per heavy atom. The van der Waals surface area contributed by atoms with Crippen LogP contribution in [0.15, 0.2) is 0 Å². The third-order valence-corrected chi connectivity index (χ3v) is 4.41. The third-order valence-electron chi connectivity index (χ3n) is 3.72. The van der Waals surface area contributed by atoms with Crippen LogP contribution in [0.4, 0.5) is 0 Å². The molecule has 1 saturated carbocycles. The molecule has 3 unspecified atom stereocenters. The van der Waals surface area contributed by atoms with Crippen molar-refractivity contribution < 1.29 is 14.7 Å². The summed E-state index contributed by atoms with van der Waals surface area (Å²) in [6, 6.07) is 0. The number of carbonyl (C=O) groups excluding carboxylic acids is 1. The van der Waals surface area contributed by atoms with Crippen molar-refractivity contribution in [3.05, 3.63) is 0 Å². The SMILES string of the molecule is CCC1CC(C(=O)O)C(C(=O)NCCCSC)C1. The van der Waals surface area contributed by atoms with E-state index < -0.39 is 11.9 Å². The zero-order chi connectivity index (χ0) is 13.5. The van der Waals surface area contributed by atoms with Crippen molar-refractivity contribution in [3.8, 4) is 0 Å². The molecular weight excluding hydrogens is 250 g/mol. The minimum Gasteiger partial charge on any atom is -0.481 e. The van der Waals surface area contributed by atoms with Crippen molar-refractivity contribution >= 4 is 23.6 Å². The standard InChI is InChI=1S/C13H23NO3S/c1-3-9-7-10(11(8-9)13(16)17)12(15)14-5-4-6-18-2/h9-11H,3-8H2,1-2H3,(H,14,15)(H,16,17). The summed E-state index contributed by atoms with van der Waals surface area (Å²) in [5.74, 6) is -0.315. The third kappa shape index (κ3) is 4.19. The number of hydrogen-bond acceptors (Lipinski definition) is 3. The van der Waals surface area contributed by atoms with Crippen molar-refractivity contribution in [1.82, 2.24) is 5.32 Å². The predicted octanol–water partition coefficient (Wildman–Crippen LogP) is 1.99. The molecule has 0 aliphatic heterocycles. The molecule has 0 aromatic carbocycles. The van der Waals surface area contributed by atoms with Gasteiger partial charge in [0.1, 0.15) is 0 Å². The molecule has 18 heavy (non-hydrogen) atoms. The second kappa shape index (κ2) is 7.67. The number of rotatable bonds is 7. The number of thioether (sulfide) groups is 1. The maximum absolute atomic E-state index is 12.0. The quantitative estimate of drug-likeness (QED) is 0.696. The lowest BCUT2D eigenvalue weighted by Gasteiger charge is -2.15. The van der Waals surface area contributed by atoms with Crippen LogP contribution in [0, 0.1) is 17.8 Å². The summed E-state index contributed by atoms with van der Waals surface area (Å²) in [7, 11) is 0. The summed E-state index contributed by atoms with van der Waals surface area (Å²) >= 11 is 1.75. The number of hydrogen-bond donors (Lipinski definition) is 2. The Balaban J connectivity index is 2.46. The Kier molecular flexibility index (Phi) is 6.54. The van der Waals surface area contributed by atoms with Crippen LogP contribution >= 0.6 is 11.8 Å². The molecular formula is C13H23NO3S. The van der Waals surface area contributed by atoms with Crippen molar-refractivity contribution in [3.63, 3.8) is 0 Å². The fraction of sp³-hybridized carbons (Fsp3) is 0.846. The lowest BCUT2D eigenvalue weighted by molar-refractivity contribution is -0.146. The van der Waals surface area contributed by atoms with E-state index in [4.69, 9.17) is 0 Å². The zero-order valence-corrected chi connectivity index (χ0v) is 12.0. The van der Waals surface area contributed by atoms with Crippen LogP contribution in [0.25, 0.3) is 0 Å². The molecule has 0 heterocycles. The Labute approximate surface area is 113 Å². The fourth-order valence-corrected chi connectivity index (χ4v) is 3.03. The van der Waals surface area contributed by atoms with Crippen LogP contribution in [0.1, 0.15) is 32.6 Å². The lowest BCUT2D eigenvalue weighted by Crippen LogP contribution is -2.35. The van der Waals surface area contributed by atoms with Crippen molar-refractivity contribution in [2.45, 2.75) is 32.6 Å². The monoisotopic (exact) mass is 273 g/mol. The first kappa shape index (κ1) is 15.3. The van der Waals surface area contributed by atoms with Gasteiger partial charge in [0.2, 0.25) is 5.91 Å². The van der Waals surface area contributed by atoms with Crippen LogP contribution in [0.2, 0.25) is 0 Å². The van der Waals surface area contributed by atoms with E-state index in [0.717, 1.165) is 25.0 Å². The minimum absolute atomic E-state index is 0.0700. The highest BCUT2D eigenvalue weighted by molar-refractivity contribution is 7.98. The normalized spacial score (nSPS) is 27.1. The number of carboxylic acid groups (broad SMARTS) is 1. The van der Waals surface area contributed by atoms with Gasteiger partial charge in [-0.15, -0.1) is 0 Å². The molecule has 0 aromatic rings. The number of carbonyl (C=O) groups is 2. The van der Waals surface area contributed by atoms with Crippen LogP contribution in [0.5, 0.6) is 0 Å². The first-order valence-electron chi connectivity index (χ1n) is 6.59. The van der Waals surface area contributed by atoms with Gasteiger partial charge in [0.05, 0.1) is 11.8 Å². The van der Waals surface area contributed by atoms with Crippen LogP contribution < -0.4 is 5.32 Å². The summed E-state index contributed by atoms with van der Waals surface area (Å²) in [4.78, 5) is 23.2. The molecule has 0 spiro atoms. The van der Waals surface area contributed by atoms with E-state index in [-0.39, 0.29) is 11.8 Å². The highest BCUT2D eigenvalue weighted by Crippen LogP contribution is 2.38. The molecule has 1 amide bonds. The maximum atomic E-state index is 12.0. The topological polar surface area (TPSA) is 66.4 Å². The van der Waals surface area contributed by atoms with Crippen molar-refractivity contribution in [2.75, 3.05) is 18.6 Å². The van der Waals surface area contributed by atoms with Gasteiger partial charge in [-0.25, -0.2) is 0 Å². The molecule has 2 N–H and O–H groups in total. The predicted molar refractivity (Wildman–Crippen MR) is 73.6 cm³/mol. The van der Waals surface area contributed by atoms with Gasteiger partial charge in [-0.05, 0) is 37.2 Å². The zero-order valence-electron chi connectivity index (χ0n) is 11.1. The molecule has 0 saturated heterocycles. The van der Waals surface area contributed by atoms with E-state index in [0.29, 0.717) is 18.9 Å². The average molecular weight is 273 g/mol. The van der Waals surface area contributed by atoms with Crippen LogP contribution in [0.3, 0.4) is 0 Å². The van der Waals surface area contributed by atoms with Gasteiger partial charge in [-0.3, -0.25) is 9.59 Å². The van der Waals surface area contributed by atoms with Gasteiger partial charge in [0.15, 0.2) is 0 Å². The van der Waals surface area contributed by atoms with Crippen molar-refractivity contribution in [2.24, 2.45) is 17.8 Å². The lowest BCUT2D eigenvalue weighted by atomic mass is 9.95. The van der Waals surface area contributed by atoms with E-state index in [1.807, 2.05) is 6.26 Å². The highest BCUT2D eigenvalue weighted by atomic mass is 32.2. The number of carboxylic acids is 1. The van der Waals surface area contributed by atoms with E-state index in [9.17, 15) is 14.7 Å². The molecule has 0 bridgehead atoms. The molecule has 104 valence electrons. The van der Waals surface area contributed by atoms with Gasteiger partial charge in [-0.1, -0.05) is 13.3 Å². The second-order valence-corrected chi connectivity index (χ2v) is 5.92. The van der Waals surface area contributed by atoms with Gasteiger partial charge in [0, 0.05) is 6.54 Å². The van der Waals surface area contributed by atoms with Gasteiger partial charge in [-0.2, -0.15) is 11.8 Å². The smallest absolute Gasteiger partial charge is 0.307 e. The largest absolute Gasteiger partial charge is 0.481 e. The number of aliphatic carboxylic acids is 1. The summed E-state index contributed by atoms with van der Waals surface area (Å²) in [6.45, 7) is 2.71. The van der Waals surface area contributed by atoms with Gasteiger partial charge >= 0.3 is 5.97 Å². The minimum atomic E-state index is -0.824. The summed E-state index contributed by atoms with van der Waals surface area (Å²) < 4.78 is 0. The maximum Gasteiger partial charge on any atom is 0.307 e. The number of amides is 1. The molecule has 5 heteroatoms. The Morgan fingerprint density at radius 3 is 2.56 bits per heavy atom. The summed E-state index contributed by atoms with van der Waals surface area (Å²) in [6.07, 6.45) is 5.30. The Morgan fingerprint density at radius 1 is 1.33 bits per heavy atom. The first-order valence-corrected chi connectivity index (χ1v) is 7.99. The van der Waals surface area contributed by atoms with Gasteiger partial charge in [0.25, 0.3) is 0 Å². The molecule has 0 aromatic heterocycles. The van der Waals surface area contributed by atoms with Crippen molar-refractivity contribution in [1.29, 1.82) is 0 Å². The average Bonchev–Trinajstić information content (AvgIpc) is 2.78. The van der Waals surface area contributed by atoms with Gasteiger partial charge < -0.3 is 10.4 Å². The molecule has 1 fully saturated rings. The van der Waals surface area contributed by atoms with Crippen LogP contribution in [-0.2, 0) is 9.59 Å². The number of nitrogens with one attached hydrogen (secondary N) is 1. The first-order chi connectivity index (χ1) is 8.60. The Hall–Kier alpha value is -0.710. The molecule has 1 aliphatic rings. The van der Waals surface area contributed by atoms with Crippen LogP contribution in [-0.4, -0.2) is 35.5 Å². The molecule has 1 rings (SSSR count).